The van der Waals surface area contributed by atoms with Crippen molar-refractivity contribution < 1.29 is 4.79 Å². The number of rotatable bonds is 4. The van der Waals surface area contributed by atoms with Gasteiger partial charge in [0, 0.05) is 13.2 Å². The van der Waals surface area contributed by atoms with E-state index in [4.69, 9.17) is 0 Å². The fourth-order valence-electron chi connectivity index (χ4n) is 3.15. The maximum Gasteiger partial charge on any atom is 0.257 e. The van der Waals surface area contributed by atoms with E-state index in [0.717, 1.165) is 22.6 Å². The standard InChI is InChI=1S/C20H20N6O/c1-14-8-4-5-9-17(14)26-15(2)16(12-21-26)20(27)24(3)13-19-23-22-18-10-6-7-11-25(18)19/h4-12H,13H2,1-3H3. The summed E-state index contributed by atoms with van der Waals surface area (Å²) in [4.78, 5) is 14.6. The molecular weight excluding hydrogens is 340 g/mol. The van der Waals surface area contributed by atoms with Gasteiger partial charge in [-0.05, 0) is 37.6 Å². The number of aryl methyl sites for hydroxylation is 1. The van der Waals surface area contributed by atoms with Gasteiger partial charge in [0.1, 0.15) is 0 Å². The second-order valence-corrected chi connectivity index (χ2v) is 6.55. The van der Waals surface area contributed by atoms with E-state index in [-0.39, 0.29) is 5.91 Å². The SMILES string of the molecule is Cc1ccccc1-n1ncc(C(=O)N(C)Cc2nnc3ccccn23)c1C. The van der Waals surface area contributed by atoms with Crippen LogP contribution in [0.15, 0.2) is 54.9 Å². The molecule has 0 aliphatic carbocycles. The zero-order valence-electron chi connectivity index (χ0n) is 15.5. The highest BCUT2D eigenvalue weighted by atomic mass is 16.2. The highest BCUT2D eigenvalue weighted by Crippen LogP contribution is 2.19. The highest BCUT2D eigenvalue weighted by molar-refractivity contribution is 5.95. The summed E-state index contributed by atoms with van der Waals surface area (Å²) in [6, 6.07) is 13.7. The quantitative estimate of drug-likeness (QED) is 0.561. The Morgan fingerprint density at radius 1 is 1.07 bits per heavy atom. The molecule has 0 radical (unpaired) electrons. The van der Waals surface area contributed by atoms with Crippen LogP contribution in [-0.4, -0.2) is 42.2 Å². The zero-order chi connectivity index (χ0) is 19.0. The van der Waals surface area contributed by atoms with Gasteiger partial charge in [0.05, 0.1) is 29.7 Å². The third kappa shape index (κ3) is 2.97. The van der Waals surface area contributed by atoms with Crippen molar-refractivity contribution in [3.63, 3.8) is 0 Å². The van der Waals surface area contributed by atoms with Crippen molar-refractivity contribution in [2.45, 2.75) is 20.4 Å². The van der Waals surface area contributed by atoms with Crippen LogP contribution < -0.4 is 0 Å². The van der Waals surface area contributed by atoms with E-state index in [9.17, 15) is 4.79 Å². The van der Waals surface area contributed by atoms with E-state index in [0.29, 0.717) is 17.9 Å². The van der Waals surface area contributed by atoms with E-state index >= 15 is 0 Å². The maximum atomic E-state index is 13.0. The molecule has 1 aromatic carbocycles. The Labute approximate surface area is 156 Å². The largest absolute Gasteiger partial charge is 0.334 e. The van der Waals surface area contributed by atoms with Crippen molar-refractivity contribution in [1.29, 1.82) is 0 Å². The number of aromatic nitrogens is 5. The molecule has 3 aromatic heterocycles. The number of carbonyl (C=O) groups is 1. The Hall–Kier alpha value is -3.48. The number of hydrogen-bond acceptors (Lipinski definition) is 4. The average molecular weight is 360 g/mol. The summed E-state index contributed by atoms with van der Waals surface area (Å²) in [7, 11) is 1.76. The summed E-state index contributed by atoms with van der Waals surface area (Å²) in [5.74, 6) is 0.616. The first-order valence-electron chi connectivity index (χ1n) is 8.71. The van der Waals surface area contributed by atoms with Crippen molar-refractivity contribution >= 4 is 11.6 Å². The van der Waals surface area contributed by atoms with Gasteiger partial charge in [-0.1, -0.05) is 24.3 Å². The Morgan fingerprint density at radius 2 is 1.85 bits per heavy atom. The lowest BCUT2D eigenvalue weighted by atomic mass is 10.2. The first-order valence-corrected chi connectivity index (χ1v) is 8.71. The lowest BCUT2D eigenvalue weighted by Crippen LogP contribution is -2.27. The van der Waals surface area contributed by atoms with Crippen LogP contribution in [0.5, 0.6) is 0 Å². The third-order valence-corrected chi connectivity index (χ3v) is 4.69. The minimum atomic E-state index is -0.0972. The molecule has 0 unspecified atom stereocenters. The zero-order valence-corrected chi connectivity index (χ0v) is 15.5. The third-order valence-electron chi connectivity index (χ3n) is 4.69. The molecule has 0 saturated heterocycles. The number of para-hydroxylation sites is 1. The number of fused-ring (bicyclic) bond motifs is 1. The Kier molecular flexibility index (Phi) is 4.19. The number of nitrogens with zero attached hydrogens (tertiary/aromatic N) is 6. The summed E-state index contributed by atoms with van der Waals surface area (Å²) in [6.07, 6.45) is 3.52. The van der Waals surface area contributed by atoms with Crippen LogP contribution in [0.2, 0.25) is 0 Å². The Morgan fingerprint density at radius 3 is 2.67 bits per heavy atom. The molecular formula is C20H20N6O. The van der Waals surface area contributed by atoms with Crippen LogP contribution in [0.3, 0.4) is 0 Å². The molecule has 3 heterocycles. The van der Waals surface area contributed by atoms with Crippen LogP contribution in [0.1, 0.15) is 27.4 Å². The van der Waals surface area contributed by atoms with Crippen LogP contribution in [-0.2, 0) is 6.54 Å². The van der Waals surface area contributed by atoms with Crippen molar-refractivity contribution in [1.82, 2.24) is 29.3 Å². The Balaban J connectivity index is 1.60. The van der Waals surface area contributed by atoms with E-state index in [1.165, 1.54) is 0 Å². The predicted molar refractivity (Wildman–Crippen MR) is 102 cm³/mol. The van der Waals surface area contributed by atoms with Crippen molar-refractivity contribution in [3.8, 4) is 5.69 Å². The van der Waals surface area contributed by atoms with E-state index in [2.05, 4.69) is 15.3 Å². The molecule has 4 aromatic rings. The molecule has 1 amide bonds. The fraction of sp³-hybridized carbons (Fsp3) is 0.200. The number of amides is 1. The monoisotopic (exact) mass is 360 g/mol. The minimum Gasteiger partial charge on any atom is -0.334 e. The molecule has 0 bridgehead atoms. The second kappa shape index (κ2) is 6.68. The van der Waals surface area contributed by atoms with Gasteiger partial charge >= 0.3 is 0 Å². The average Bonchev–Trinajstić information content (AvgIpc) is 3.25. The number of carbonyl (C=O) groups excluding carboxylic acids is 1. The molecule has 0 atom stereocenters. The highest BCUT2D eigenvalue weighted by Gasteiger charge is 2.20. The number of hydrogen-bond donors (Lipinski definition) is 0. The molecule has 0 spiro atoms. The van der Waals surface area contributed by atoms with Gasteiger partial charge < -0.3 is 4.90 Å². The predicted octanol–water partition coefficient (Wildman–Crippen LogP) is 2.80. The maximum absolute atomic E-state index is 13.0. The number of benzene rings is 1. The van der Waals surface area contributed by atoms with Gasteiger partial charge in [-0.3, -0.25) is 9.20 Å². The summed E-state index contributed by atoms with van der Waals surface area (Å²) >= 11 is 0. The Bertz CT molecular complexity index is 1130. The lowest BCUT2D eigenvalue weighted by molar-refractivity contribution is 0.0780. The lowest BCUT2D eigenvalue weighted by Gasteiger charge is -2.16. The second-order valence-electron chi connectivity index (χ2n) is 6.55. The van der Waals surface area contributed by atoms with Gasteiger partial charge in [-0.25, -0.2) is 4.68 Å². The molecule has 0 aliphatic rings. The van der Waals surface area contributed by atoms with Crippen LogP contribution in [0.4, 0.5) is 0 Å². The van der Waals surface area contributed by atoms with Crippen molar-refractivity contribution in [2.75, 3.05) is 7.05 Å². The van der Waals surface area contributed by atoms with Crippen molar-refractivity contribution in [3.05, 3.63) is 77.5 Å². The van der Waals surface area contributed by atoms with Gasteiger partial charge in [-0.2, -0.15) is 5.10 Å². The normalized spacial score (nSPS) is 11.1. The summed E-state index contributed by atoms with van der Waals surface area (Å²) in [5, 5.41) is 12.8. The minimum absolute atomic E-state index is 0.0972. The molecule has 7 heteroatoms. The van der Waals surface area contributed by atoms with Crippen LogP contribution in [0.25, 0.3) is 11.3 Å². The smallest absolute Gasteiger partial charge is 0.257 e. The van der Waals surface area contributed by atoms with Crippen molar-refractivity contribution in [2.24, 2.45) is 0 Å². The van der Waals surface area contributed by atoms with Gasteiger partial charge in [-0.15, -0.1) is 10.2 Å². The summed E-state index contributed by atoms with van der Waals surface area (Å²) < 4.78 is 3.69. The van der Waals surface area contributed by atoms with E-state index in [1.54, 1.807) is 18.1 Å². The van der Waals surface area contributed by atoms with Gasteiger partial charge in [0.25, 0.3) is 5.91 Å². The molecule has 0 aliphatic heterocycles. The molecule has 7 nitrogen and oxygen atoms in total. The summed E-state index contributed by atoms with van der Waals surface area (Å²) in [6.45, 7) is 4.30. The molecule has 27 heavy (non-hydrogen) atoms. The first kappa shape index (κ1) is 17.0. The molecule has 136 valence electrons. The van der Waals surface area contributed by atoms with E-state index in [1.807, 2.05) is 71.6 Å². The number of pyridine rings is 1. The molecule has 0 N–H and O–H groups in total. The van der Waals surface area contributed by atoms with Crippen LogP contribution >= 0.6 is 0 Å². The molecule has 0 saturated carbocycles. The fourth-order valence-corrected chi connectivity index (χ4v) is 3.15. The van der Waals surface area contributed by atoms with E-state index < -0.39 is 0 Å². The van der Waals surface area contributed by atoms with Gasteiger partial charge in [0.2, 0.25) is 0 Å². The van der Waals surface area contributed by atoms with Gasteiger partial charge in [0.15, 0.2) is 11.5 Å². The van der Waals surface area contributed by atoms with Crippen LogP contribution in [0, 0.1) is 13.8 Å². The topological polar surface area (TPSA) is 68.3 Å². The molecule has 0 fully saturated rings. The summed E-state index contributed by atoms with van der Waals surface area (Å²) in [5.41, 5.74) is 4.23. The molecule has 4 rings (SSSR count). The first-order chi connectivity index (χ1) is 13.1.